The van der Waals surface area contributed by atoms with Gasteiger partial charge < -0.3 is 10.0 Å². The van der Waals surface area contributed by atoms with Crippen LogP contribution in [-0.4, -0.2) is 40.1 Å². The van der Waals surface area contributed by atoms with E-state index in [9.17, 15) is 4.79 Å². The first-order valence-corrected chi connectivity index (χ1v) is 6.63. The Kier molecular flexibility index (Phi) is 4.55. The number of aromatic nitrogens is 1. The maximum Gasteiger partial charge on any atom is 0.272 e. The Hall–Kier alpha value is -1.13. The van der Waals surface area contributed by atoms with Gasteiger partial charge in [0.1, 0.15) is 5.69 Å². The number of carbonyl (C=O) groups is 1. The van der Waals surface area contributed by atoms with Gasteiger partial charge in [-0.3, -0.25) is 9.78 Å². The van der Waals surface area contributed by atoms with Crippen molar-refractivity contribution < 1.29 is 9.90 Å². The molecule has 0 aromatic carbocycles. The number of amides is 1. The number of hydrogen-bond donors (Lipinski definition) is 1. The fraction of sp³-hybridized carbons (Fsp3) is 0.538. The van der Waals surface area contributed by atoms with Gasteiger partial charge in [-0.05, 0) is 37.8 Å². The lowest BCUT2D eigenvalue weighted by Crippen LogP contribution is -2.36. The molecule has 18 heavy (non-hydrogen) atoms. The summed E-state index contributed by atoms with van der Waals surface area (Å²) >= 11 is 5.87. The summed E-state index contributed by atoms with van der Waals surface area (Å²) in [4.78, 5) is 18.2. The van der Waals surface area contributed by atoms with Gasteiger partial charge in [0, 0.05) is 30.4 Å². The summed E-state index contributed by atoms with van der Waals surface area (Å²) in [6, 6.07) is 3.49. The largest absolute Gasteiger partial charge is 0.396 e. The van der Waals surface area contributed by atoms with Gasteiger partial charge in [0.15, 0.2) is 0 Å². The van der Waals surface area contributed by atoms with E-state index in [1.165, 1.54) is 0 Å². The van der Waals surface area contributed by atoms with E-state index in [0.29, 0.717) is 10.7 Å². The number of hydrogen-bond acceptors (Lipinski definition) is 3. The van der Waals surface area contributed by atoms with E-state index in [4.69, 9.17) is 16.7 Å². The van der Waals surface area contributed by atoms with Crippen molar-refractivity contribution in [3.63, 3.8) is 0 Å². The molecule has 1 saturated heterocycles. The molecule has 5 heteroatoms. The van der Waals surface area contributed by atoms with Crippen molar-refractivity contribution in [2.45, 2.75) is 31.7 Å². The third-order valence-corrected chi connectivity index (χ3v) is 3.51. The lowest BCUT2D eigenvalue weighted by atomic mass is 10.1. The van der Waals surface area contributed by atoms with Gasteiger partial charge >= 0.3 is 0 Å². The van der Waals surface area contributed by atoms with Crippen molar-refractivity contribution in [2.24, 2.45) is 0 Å². The molecular formula is C13H17ClN2O2. The zero-order chi connectivity index (χ0) is 13.0. The van der Waals surface area contributed by atoms with E-state index in [2.05, 4.69) is 4.98 Å². The summed E-state index contributed by atoms with van der Waals surface area (Å²) in [6.45, 7) is 0.942. The molecule has 0 saturated carbocycles. The molecule has 1 aliphatic rings. The Morgan fingerprint density at radius 2 is 2.44 bits per heavy atom. The van der Waals surface area contributed by atoms with Crippen LogP contribution in [0.15, 0.2) is 18.3 Å². The van der Waals surface area contributed by atoms with Crippen molar-refractivity contribution >= 4 is 17.5 Å². The molecule has 2 rings (SSSR count). The van der Waals surface area contributed by atoms with Crippen molar-refractivity contribution in [2.75, 3.05) is 13.2 Å². The molecule has 1 unspecified atom stereocenters. The number of likely N-dealkylation sites (tertiary alicyclic amines) is 1. The first-order chi connectivity index (χ1) is 8.72. The predicted molar refractivity (Wildman–Crippen MR) is 69.6 cm³/mol. The number of pyridine rings is 1. The van der Waals surface area contributed by atoms with Crippen LogP contribution in [-0.2, 0) is 0 Å². The van der Waals surface area contributed by atoms with Gasteiger partial charge in [0.2, 0.25) is 0 Å². The van der Waals surface area contributed by atoms with Crippen molar-refractivity contribution in [1.29, 1.82) is 0 Å². The molecule has 1 amide bonds. The second kappa shape index (κ2) is 6.16. The Morgan fingerprint density at radius 1 is 1.61 bits per heavy atom. The summed E-state index contributed by atoms with van der Waals surface area (Å²) in [5.74, 6) is -0.0575. The molecule has 1 aromatic rings. The highest BCUT2D eigenvalue weighted by molar-refractivity contribution is 6.30. The molecule has 98 valence electrons. The molecular weight excluding hydrogens is 252 g/mol. The topological polar surface area (TPSA) is 53.4 Å². The molecule has 0 radical (unpaired) electrons. The molecule has 4 nitrogen and oxygen atoms in total. The molecule has 0 bridgehead atoms. The third kappa shape index (κ3) is 3.00. The highest BCUT2D eigenvalue weighted by atomic mass is 35.5. The van der Waals surface area contributed by atoms with Crippen LogP contribution >= 0.6 is 11.6 Å². The van der Waals surface area contributed by atoms with Crippen LogP contribution in [0.2, 0.25) is 5.02 Å². The smallest absolute Gasteiger partial charge is 0.272 e. The Labute approximate surface area is 112 Å². The maximum absolute atomic E-state index is 12.3. The van der Waals surface area contributed by atoms with Crippen LogP contribution in [0.3, 0.4) is 0 Å². The van der Waals surface area contributed by atoms with Gasteiger partial charge in [0.05, 0.1) is 0 Å². The molecule has 1 atom stereocenters. The quantitative estimate of drug-likeness (QED) is 0.910. The van der Waals surface area contributed by atoms with E-state index >= 15 is 0 Å². The summed E-state index contributed by atoms with van der Waals surface area (Å²) in [7, 11) is 0. The van der Waals surface area contributed by atoms with Crippen LogP contribution in [0.25, 0.3) is 0 Å². The van der Waals surface area contributed by atoms with Crippen LogP contribution in [0.5, 0.6) is 0 Å². The molecule has 2 heterocycles. The number of halogens is 1. The van der Waals surface area contributed by atoms with E-state index in [-0.39, 0.29) is 18.6 Å². The number of rotatable bonds is 4. The number of aliphatic hydroxyl groups excluding tert-OH is 1. The zero-order valence-electron chi connectivity index (χ0n) is 10.2. The number of aliphatic hydroxyl groups is 1. The molecule has 1 N–H and O–H groups in total. The molecule has 1 fully saturated rings. The second-order valence-electron chi connectivity index (χ2n) is 4.52. The van der Waals surface area contributed by atoms with E-state index in [1.54, 1.807) is 18.3 Å². The fourth-order valence-electron chi connectivity index (χ4n) is 2.40. The minimum Gasteiger partial charge on any atom is -0.396 e. The van der Waals surface area contributed by atoms with E-state index < -0.39 is 0 Å². The minimum atomic E-state index is -0.0575. The normalized spacial score (nSPS) is 19.2. The third-order valence-electron chi connectivity index (χ3n) is 3.27. The van der Waals surface area contributed by atoms with Crippen molar-refractivity contribution in [1.82, 2.24) is 9.88 Å². The van der Waals surface area contributed by atoms with Gasteiger partial charge in [0.25, 0.3) is 5.91 Å². The van der Waals surface area contributed by atoms with Crippen molar-refractivity contribution in [3.05, 3.63) is 29.0 Å². The first-order valence-electron chi connectivity index (χ1n) is 6.26. The van der Waals surface area contributed by atoms with Crippen LogP contribution < -0.4 is 0 Å². The Balaban J connectivity index is 2.08. The van der Waals surface area contributed by atoms with Crippen molar-refractivity contribution in [3.8, 4) is 0 Å². The van der Waals surface area contributed by atoms with Gasteiger partial charge in [-0.1, -0.05) is 11.6 Å². The molecule has 1 aliphatic heterocycles. The van der Waals surface area contributed by atoms with Gasteiger partial charge in [-0.25, -0.2) is 0 Å². The predicted octanol–water partition coefficient (Wildman–Crippen LogP) is 2.11. The van der Waals surface area contributed by atoms with Crippen LogP contribution in [0, 0.1) is 0 Å². The summed E-state index contributed by atoms with van der Waals surface area (Å²) in [5.41, 5.74) is 0.401. The monoisotopic (exact) mass is 268 g/mol. The average Bonchev–Trinajstić information content (AvgIpc) is 2.83. The molecule has 1 aromatic heterocycles. The standard InChI is InChI=1S/C13H17ClN2O2/c14-10-5-6-15-12(9-10)13(18)16-7-1-3-11(16)4-2-8-17/h5-6,9,11,17H,1-4,7-8H2. The van der Waals surface area contributed by atoms with Gasteiger partial charge in [-0.15, -0.1) is 0 Å². The fourth-order valence-corrected chi connectivity index (χ4v) is 2.56. The Bertz CT molecular complexity index is 425. The van der Waals surface area contributed by atoms with Crippen LogP contribution in [0.4, 0.5) is 0 Å². The highest BCUT2D eigenvalue weighted by Gasteiger charge is 2.29. The molecule has 0 aliphatic carbocycles. The second-order valence-corrected chi connectivity index (χ2v) is 4.96. The zero-order valence-corrected chi connectivity index (χ0v) is 10.9. The summed E-state index contributed by atoms with van der Waals surface area (Å²) in [5, 5.41) is 9.40. The van der Waals surface area contributed by atoms with Crippen LogP contribution in [0.1, 0.15) is 36.2 Å². The van der Waals surface area contributed by atoms with E-state index in [0.717, 1.165) is 32.2 Å². The van der Waals surface area contributed by atoms with E-state index in [1.807, 2.05) is 4.90 Å². The summed E-state index contributed by atoms with van der Waals surface area (Å²) in [6.07, 6.45) is 5.16. The summed E-state index contributed by atoms with van der Waals surface area (Å²) < 4.78 is 0. The lowest BCUT2D eigenvalue weighted by Gasteiger charge is -2.24. The minimum absolute atomic E-state index is 0.0575. The SMILES string of the molecule is O=C(c1cc(Cl)ccn1)N1CCCC1CCCO. The maximum atomic E-state index is 12.3. The lowest BCUT2D eigenvalue weighted by molar-refractivity contribution is 0.0718. The number of nitrogens with zero attached hydrogens (tertiary/aromatic N) is 2. The van der Waals surface area contributed by atoms with Gasteiger partial charge in [-0.2, -0.15) is 0 Å². The molecule has 0 spiro atoms. The first kappa shape index (κ1) is 13.3. The number of carbonyl (C=O) groups excluding carboxylic acids is 1. The Morgan fingerprint density at radius 3 is 3.17 bits per heavy atom. The average molecular weight is 269 g/mol. The highest BCUT2D eigenvalue weighted by Crippen LogP contribution is 2.23.